The molecule has 0 spiro atoms. The van der Waals surface area contributed by atoms with Crippen LogP contribution in [0.15, 0.2) is 18.2 Å². The molecule has 8 heteroatoms. The first-order chi connectivity index (χ1) is 10.1. The molecule has 0 saturated heterocycles. The molecule has 1 aromatic carbocycles. The number of unbranched alkanes of at least 4 members (excludes halogenated alkanes) is 1. The average Bonchev–Trinajstić information content (AvgIpc) is 2.40. The second-order valence-electron chi connectivity index (χ2n) is 4.73. The van der Waals surface area contributed by atoms with Gasteiger partial charge in [-0.05, 0) is 24.6 Å². The quantitative estimate of drug-likeness (QED) is 0.731. The van der Waals surface area contributed by atoms with E-state index < -0.39 is 30.0 Å². The number of hydrogen-bond donors (Lipinski definition) is 0. The molecule has 0 bridgehead atoms. The van der Waals surface area contributed by atoms with Gasteiger partial charge < -0.3 is 4.90 Å². The van der Waals surface area contributed by atoms with Crippen molar-refractivity contribution in [1.82, 2.24) is 0 Å². The van der Waals surface area contributed by atoms with Gasteiger partial charge in [-0.15, -0.1) is 0 Å². The number of anilines is 1. The first-order valence-corrected chi connectivity index (χ1v) is 6.51. The van der Waals surface area contributed by atoms with Crippen molar-refractivity contribution in [2.45, 2.75) is 32.1 Å². The average molecular weight is 324 g/mol. The van der Waals surface area contributed by atoms with Gasteiger partial charge in [0.25, 0.3) is 0 Å². The van der Waals surface area contributed by atoms with Gasteiger partial charge in [-0.1, -0.05) is 13.3 Å². The van der Waals surface area contributed by atoms with Crippen LogP contribution in [0.4, 0.5) is 32.0 Å². The summed E-state index contributed by atoms with van der Waals surface area (Å²) in [5, 5.41) is 8.70. The monoisotopic (exact) mass is 324 g/mol. The minimum absolute atomic E-state index is 0.0147. The van der Waals surface area contributed by atoms with Crippen molar-refractivity contribution >= 4 is 5.69 Å². The Morgan fingerprint density at radius 1 is 1.14 bits per heavy atom. The zero-order chi connectivity index (χ0) is 17.0. The van der Waals surface area contributed by atoms with Crippen molar-refractivity contribution < 1.29 is 26.3 Å². The second kappa shape index (κ2) is 6.90. The first kappa shape index (κ1) is 18.1. The molecule has 0 atom stereocenters. The summed E-state index contributed by atoms with van der Waals surface area (Å²) in [5.74, 6) is 0. The lowest BCUT2D eigenvalue weighted by atomic mass is 10.1. The Morgan fingerprint density at radius 2 is 1.77 bits per heavy atom. The molecule has 22 heavy (non-hydrogen) atoms. The zero-order valence-corrected chi connectivity index (χ0v) is 11.7. The maximum Gasteiger partial charge on any atom is 0.417 e. The molecule has 1 aromatic rings. The molecule has 0 radical (unpaired) electrons. The number of hydrogen-bond acceptors (Lipinski definition) is 2. The van der Waals surface area contributed by atoms with E-state index in [0.717, 1.165) is 17.0 Å². The molecule has 122 valence electrons. The Hall–Kier alpha value is -1.91. The minimum atomic E-state index is -4.80. The molecule has 1 rings (SSSR count). The van der Waals surface area contributed by atoms with E-state index in [1.165, 1.54) is 6.07 Å². The zero-order valence-electron chi connectivity index (χ0n) is 11.7. The van der Waals surface area contributed by atoms with Crippen LogP contribution >= 0.6 is 0 Å². The van der Waals surface area contributed by atoms with Gasteiger partial charge in [0, 0.05) is 12.2 Å². The van der Waals surface area contributed by atoms with E-state index in [2.05, 4.69) is 0 Å². The van der Waals surface area contributed by atoms with Gasteiger partial charge in [0.2, 0.25) is 0 Å². The van der Waals surface area contributed by atoms with E-state index >= 15 is 0 Å². The lowest BCUT2D eigenvalue weighted by Gasteiger charge is -2.26. The third-order valence-corrected chi connectivity index (χ3v) is 2.95. The molecular weight excluding hydrogens is 310 g/mol. The molecular formula is C14H14F6N2. The number of benzene rings is 1. The van der Waals surface area contributed by atoms with Crippen LogP contribution < -0.4 is 4.90 Å². The summed E-state index contributed by atoms with van der Waals surface area (Å²) in [4.78, 5) is 0.847. The van der Waals surface area contributed by atoms with E-state index in [1.807, 2.05) is 0 Å². The molecule has 0 aromatic heterocycles. The fraction of sp³-hybridized carbons (Fsp3) is 0.500. The van der Waals surface area contributed by atoms with Crippen LogP contribution in [-0.4, -0.2) is 19.3 Å². The van der Waals surface area contributed by atoms with Crippen molar-refractivity contribution in [3.8, 4) is 6.07 Å². The summed E-state index contributed by atoms with van der Waals surface area (Å²) in [5.41, 5.74) is -2.04. The van der Waals surface area contributed by atoms with Crippen molar-refractivity contribution in [3.05, 3.63) is 29.3 Å². The topological polar surface area (TPSA) is 27.0 Å². The number of halogens is 6. The van der Waals surface area contributed by atoms with Crippen molar-refractivity contribution in [1.29, 1.82) is 5.26 Å². The molecule has 0 aliphatic carbocycles. The summed E-state index contributed by atoms with van der Waals surface area (Å²) in [6.45, 7) is 0.418. The second-order valence-corrected chi connectivity index (χ2v) is 4.73. The molecule has 0 unspecified atom stereocenters. The number of nitriles is 1. The summed E-state index contributed by atoms with van der Waals surface area (Å²) in [6, 6.07) is 4.00. The van der Waals surface area contributed by atoms with E-state index in [1.54, 1.807) is 6.92 Å². The Balaban J connectivity index is 3.22. The highest BCUT2D eigenvalue weighted by Gasteiger charge is 2.35. The Kier molecular flexibility index (Phi) is 5.69. The number of rotatable bonds is 5. The van der Waals surface area contributed by atoms with Gasteiger partial charge in [0.05, 0.1) is 17.2 Å². The predicted molar refractivity (Wildman–Crippen MR) is 69.3 cm³/mol. The fourth-order valence-corrected chi connectivity index (χ4v) is 1.93. The third-order valence-electron chi connectivity index (χ3n) is 2.95. The molecule has 0 aliphatic rings. The van der Waals surface area contributed by atoms with Crippen LogP contribution in [0, 0.1) is 11.3 Å². The molecule has 0 aliphatic heterocycles. The molecule has 0 heterocycles. The minimum Gasteiger partial charge on any atom is -0.363 e. The number of alkyl halides is 6. The lowest BCUT2D eigenvalue weighted by molar-refractivity contribution is -0.137. The van der Waals surface area contributed by atoms with Crippen molar-refractivity contribution in [3.63, 3.8) is 0 Å². The van der Waals surface area contributed by atoms with Gasteiger partial charge in [-0.3, -0.25) is 0 Å². The van der Waals surface area contributed by atoms with Crippen molar-refractivity contribution in [2.75, 3.05) is 18.0 Å². The van der Waals surface area contributed by atoms with Gasteiger partial charge in [-0.2, -0.15) is 31.6 Å². The highest BCUT2D eigenvalue weighted by atomic mass is 19.4. The summed E-state index contributed by atoms with van der Waals surface area (Å²) in [6.07, 6.45) is -8.30. The van der Waals surface area contributed by atoms with Crippen LogP contribution in [0.5, 0.6) is 0 Å². The largest absolute Gasteiger partial charge is 0.417 e. The van der Waals surface area contributed by atoms with Crippen LogP contribution in [0.3, 0.4) is 0 Å². The summed E-state index contributed by atoms with van der Waals surface area (Å²) in [7, 11) is 0. The van der Waals surface area contributed by atoms with E-state index in [0.29, 0.717) is 18.9 Å². The standard InChI is InChI=1S/C14H14F6N2/c1-2-3-6-22(9-13(15,16)17)11-5-4-10(8-21)12(7-11)14(18,19)20/h4-5,7H,2-3,6,9H2,1H3. The van der Waals surface area contributed by atoms with Crippen LogP contribution in [-0.2, 0) is 6.18 Å². The maximum atomic E-state index is 12.9. The smallest absolute Gasteiger partial charge is 0.363 e. The molecule has 0 fully saturated rings. The third kappa shape index (κ3) is 5.13. The van der Waals surface area contributed by atoms with Gasteiger partial charge in [0.15, 0.2) is 0 Å². The highest BCUT2D eigenvalue weighted by molar-refractivity contribution is 5.55. The first-order valence-electron chi connectivity index (χ1n) is 6.51. The van der Waals surface area contributed by atoms with Crippen molar-refractivity contribution in [2.24, 2.45) is 0 Å². The normalized spacial score (nSPS) is 12.1. The Labute approximate surface area is 123 Å². The molecule has 0 amide bonds. The lowest BCUT2D eigenvalue weighted by Crippen LogP contribution is -2.35. The fourth-order valence-electron chi connectivity index (χ4n) is 1.93. The number of nitrogens with zero attached hydrogens (tertiary/aromatic N) is 2. The SMILES string of the molecule is CCCCN(CC(F)(F)F)c1ccc(C#N)c(C(F)(F)F)c1. The predicted octanol–water partition coefficient (Wildman–Crippen LogP) is 4.75. The maximum absolute atomic E-state index is 12.9. The highest BCUT2D eigenvalue weighted by Crippen LogP contribution is 2.35. The van der Waals surface area contributed by atoms with E-state index in [4.69, 9.17) is 5.26 Å². The van der Waals surface area contributed by atoms with Gasteiger partial charge in [0.1, 0.15) is 6.54 Å². The Bertz CT molecular complexity index is 542. The van der Waals surface area contributed by atoms with Gasteiger partial charge >= 0.3 is 12.4 Å². The summed E-state index contributed by atoms with van der Waals surface area (Å²) >= 11 is 0. The van der Waals surface area contributed by atoms with E-state index in [-0.39, 0.29) is 12.2 Å². The van der Waals surface area contributed by atoms with Gasteiger partial charge in [-0.25, -0.2) is 0 Å². The van der Waals surface area contributed by atoms with Crippen LogP contribution in [0.2, 0.25) is 0 Å². The molecule has 0 N–H and O–H groups in total. The molecule has 2 nitrogen and oxygen atoms in total. The summed E-state index contributed by atoms with van der Waals surface area (Å²) < 4.78 is 76.4. The van der Waals surface area contributed by atoms with E-state index in [9.17, 15) is 26.3 Å². The Morgan fingerprint density at radius 3 is 2.23 bits per heavy atom. The van der Waals surface area contributed by atoms with Crippen LogP contribution in [0.25, 0.3) is 0 Å². The molecule has 0 saturated carbocycles. The van der Waals surface area contributed by atoms with Crippen LogP contribution in [0.1, 0.15) is 30.9 Å².